The number of methoxy groups -OCH3 is 1. The Morgan fingerprint density at radius 2 is 1.78 bits per heavy atom. The van der Waals surface area contributed by atoms with Crippen molar-refractivity contribution in [3.63, 3.8) is 0 Å². The molecule has 0 amide bonds. The maximum atomic E-state index is 12.5. The van der Waals surface area contributed by atoms with Crippen LogP contribution in [0.15, 0.2) is 18.2 Å². The van der Waals surface area contributed by atoms with E-state index in [9.17, 15) is 13.2 Å². The van der Waals surface area contributed by atoms with Gasteiger partial charge in [-0.1, -0.05) is 6.07 Å². The molecule has 0 saturated heterocycles. The number of rotatable bonds is 3. The summed E-state index contributed by atoms with van der Waals surface area (Å²) in [5.74, 6) is 0. The van der Waals surface area contributed by atoms with E-state index in [4.69, 9.17) is 10.5 Å². The lowest BCUT2D eigenvalue weighted by molar-refractivity contribution is -0.137. The number of halogens is 3. The Morgan fingerprint density at radius 1 is 1.22 bits per heavy atom. The van der Waals surface area contributed by atoms with Crippen molar-refractivity contribution in [3.8, 4) is 0 Å². The Hall–Kier alpha value is -1.07. The second kappa shape index (κ2) is 4.90. The number of ether oxygens (including phenoxy) is 1. The molecule has 0 fully saturated rings. The number of aryl methyl sites for hydroxylation is 1. The first-order valence-corrected chi connectivity index (χ1v) is 5.58. The minimum atomic E-state index is -4.33. The van der Waals surface area contributed by atoms with Crippen LogP contribution in [0.5, 0.6) is 0 Å². The molecule has 18 heavy (non-hydrogen) atoms. The highest BCUT2D eigenvalue weighted by molar-refractivity contribution is 5.35. The summed E-state index contributed by atoms with van der Waals surface area (Å²) in [5.41, 5.74) is 5.92. The van der Waals surface area contributed by atoms with Crippen LogP contribution in [0.3, 0.4) is 0 Å². The van der Waals surface area contributed by atoms with Gasteiger partial charge >= 0.3 is 6.18 Å². The van der Waals surface area contributed by atoms with Crippen LogP contribution < -0.4 is 5.73 Å². The SMILES string of the molecule is COC(C)(C)C(N)c1ccc(C(F)(F)F)cc1C. The Bertz CT molecular complexity index is 427. The maximum Gasteiger partial charge on any atom is 0.416 e. The van der Waals surface area contributed by atoms with Gasteiger partial charge in [-0.2, -0.15) is 13.2 Å². The molecule has 0 aliphatic rings. The van der Waals surface area contributed by atoms with Gasteiger partial charge in [0.15, 0.2) is 0 Å². The second-order valence-electron chi connectivity index (χ2n) is 4.85. The predicted octanol–water partition coefficient (Wildman–Crippen LogP) is 3.44. The van der Waals surface area contributed by atoms with Crippen LogP contribution in [0.4, 0.5) is 13.2 Å². The molecular weight excluding hydrogens is 243 g/mol. The van der Waals surface area contributed by atoms with Crippen molar-refractivity contribution in [2.24, 2.45) is 5.73 Å². The molecule has 0 heterocycles. The fraction of sp³-hybridized carbons (Fsp3) is 0.538. The first kappa shape index (κ1) is 15.0. The number of alkyl halides is 3. The molecule has 0 aliphatic heterocycles. The van der Waals surface area contributed by atoms with E-state index in [2.05, 4.69) is 0 Å². The standard InChI is InChI=1S/C13H18F3NO/c1-8-7-9(13(14,15)16)5-6-10(8)11(17)12(2,3)18-4/h5-7,11H,17H2,1-4H3. The molecule has 102 valence electrons. The van der Waals surface area contributed by atoms with Crippen LogP contribution in [0.2, 0.25) is 0 Å². The van der Waals surface area contributed by atoms with Gasteiger partial charge < -0.3 is 10.5 Å². The lowest BCUT2D eigenvalue weighted by Crippen LogP contribution is -2.37. The van der Waals surface area contributed by atoms with E-state index in [-0.39, 0.29) is 0 Å². The zero-order valence-corrected chi connectivity index (χ0v) is 10.9. The summed E-state index contributed by atoms with van der Waals surface area (Å²) in [6.07, 6.45) is -4.33. The predicted molar refractivity (Wildman–Crippen MR) is 64.2 cm³/mol. The summed E-state index contributed by atoms with van der Waals surface area (Å²) in [5, 5.41) is 0. The molecule has 2 nitrogen and oxygen atoms in total. The Balaban J connectivity index is 3.14. The van der Waals surface area contributed by atoms with Crippen molar-refractivity contribution in [2.75, 3.05) is 7.11 Å². The summed E-state index contributed by atoms with van der Waals surface area (Å²) in [6, 6.07) is 3.10. The Kier molecular flexibility index (Phi) is 4.08. The molecule has 0 spiro atoms. The third-order valence-electron chi connectivity index (χ3n) is 3.21. The van der Waals surface area contributed by atoms with Gasteiger partial charge in [0.25, 0.3) is 0 Å². The van der Waals surface area contributed by atoms with Crippen LogP contribution in [0.25, 0.3) is 0 Å². The largest absolute Gasteiger partial charge is 0.416 e. The number of hydrogen-bond acceptors (Lipinski definition) is 2. The molecule has 1 aromatic carbocycles. The second-order valence-corrected chi connectivity index (χ2v) is 4.85. The molecule has 0 saturated carbocycles. The molecule has 1 unspecified atom stereocenters. The molecule has 2 N–H and O–H groups in total. The van der Waals surface area contributed by atoms with Crippen molar-refractivity contribution < 1.29 is 17.9 Å². The molecule has 0 bridgehead atoms. The third-order valence-corrected chi connectivity index (χ3v) is 3.21. The van der Waals surface area contributed by atoms with E-state index in [1.54, 1.807) is 20.8 Å². The number of benzene rings is 1. The fourth-order valence-electron chi connectivity index (χ4n) is 1.70. The highest BCUT2D eigenvalue weighted by atomic mass is 19.4. The van der Waals surface area contributed by atoms with Crippen molar-refractivity contribution in [2.45, 2.75) is 38.6 Å². The van der Waals surface area contributed by atoms with Gasteiger partial charge in [-0.05, 0) is 44.0 Å². The zero-order valence-electron chi connectivity index (χ0n) is 10.9. The highest BCUT2D eigenvalue weighted by Crippen LogP contribution is 2.33. The molecule has 0 aliphatic carbocycles. The van der Waals surface area contributed by atoms with Gasteiger partial charge in [0.1, 0.15) is 0 Å². The van der Waals surface area contributed by atoms with Gasteiger partial charge in [0.2, 0.25) is 0 Å². The lowest BCUT2D eigenvalue weighted by atomic mass is 9.89. The summed E-state index contributed by atoms with van der Waals surface area (Å²) >= 11 is 0. The van der Waals surface area contributed by atoms with Gasteiger partial charge in [-0.15, -0.1) is 0 Å². The van der Waals surface area contributed by atoms with E-state index >= 15 is 0 Å². The van der Waals surface area contributed by atoms with Crippen LogP contribution in [-0.4, -0.2) is 12.7 Å². The summed E-state index contributed by atoms with van der Waals surface area (Å²) in [6.45, 7) is 5.22. The molecule has 1 rings (SSSR count). The van der Waals surface area contributed by atoms with E-state index < -0.39 is 23.4 Å². The molecule has 1 atom stereocenters. The van der Waals surface area contributed by atoms with E-state index in [0.717, 1.165) is 12.1 Å². The normalized spacial score (nSPS) is 14.7. The van der Waals surface area contributed by atoms with Gasteiger partial charge in [0, 0.05) is 7.11 Å². The van der Waals surface area contributed by atoms with Crippen LogP contribution in [0, 0.1) is 6.92 Å². The lowest BCUT2D eigenvalue weighted by Gasteiger charge is -2.31. The summed E-state index contributed by atoms with van der Waals surface area (Å²) < 4.78 is 42.9. The topological polar surface area (TPSA) is 35.2 Å². The average molecular weight is 261 g/mol. The quantitative estimate of drug-likeness (QED) is 0.904. The van der Waals surface area contributed by atoms with Gasteiger partial charge in [-0.25, -0.2) is 0 Å². The number of nitrogens with two attached hydrogens (primary N) is 1. The molecule has 0 aromatic heterocycles. The summed E-state index contributed by atoms with van der Waals surface area (Å²) in [4.78, 5) is 0. The molecular formula is C13H18F3NO. The highest BCUT2D eigenvalue weighted by Gasteiger charge is 2.33. The van der Waals surface area contributed by atoms with Crippen molar-refractivity contribution >= 4 is 0 Å². The first-order chi connectivity index (χ1) is 8.09. The van der Waals surface area contributed by atoms with E-state index in [0.29, 0.717) is 11.1 Å². The van der Waals surface area contributed by atoms with Crippen molar-refractivity contribution in [1.29, 1.82) is 0 Å². The maximum absolute atomic E-state index is 12.5. The molecule has 5 heteroatoms. The Labute approximate surface area is 105 Å². The third kappa shape index (κ3) is 3.03. The fourth-order valence-corrected chi connectivity index (χ4v) is 1.70. The van der Waals surface area contributed by atoms with Gasteiger partial charge in [-0.3, -0.25) is 0 Å². The van der Waals surface area contributed by atoms with Gasteiger partial charge in [0.05, 0.1) is 17.2 Å². The van der Waals surface area contributed by atoms with Crippen molar-refractivity contribution in [1.82, 2.24) is 0 Å². The first-order valence-electron chi connectivity index (χ1n) is 5.58. The Morgan fingerprint density at radius 3 is 2.17 bits per heavy atom. The van der Waals surface area contributed by atoms with E-state index in [1.807, 2.05) is 0 Å². The van der Waals surface area contributed by atoms with Crippen LogP contribution in [-0.2, 0) is 10.9 Å². The average Bonchev–Trinajstić information content (AvgIpc) is 2.26. The smallest absolute Gasteiger partial charge is 0.377 e. The molecule has 1 aromatic rings. The zero-order chi connectivity index (χ0) is 14.1. The van der Waals surface area contributed by atoms with Crippen LogP contribution in [0.1, 0.15) is 36.6 Å². The monoisotopic (exact) mass is 261 g/mol. The van der Waals surface area contributed by atoms with Crippen molar-refractivity contribution in [3.05, 3.63) is 34.9 Å². The minimum absolute atomic E-state index is 0.482. The molecule has 0 radical (unpaired) electrons. The van der Waals surface area contributed by atoms with E-state index in [1.165, 1.54) is 13.2 Å². The minimum Gasteiger partial charge on any atom is -0.377 e. The summed E-state index contributed by atoms with van der Waals surface area (Å²) in [7, 11) is 1.53. The number of hydrogen-bond donors (Lipinski definition) is 1. The van der Waals surface area contributed by atoms with Crippen LogP contribution >= 0.6 is 0 Å².